The smallest absolute Gasteiger partial charge is 0.230 e. The number of carbonyl (C=O) groups is 1. The van der Waals surface area contributed by atoms with E-state index in [1.807, 2.05) is 66.2 Å². The van der Waals surface area contributed by atoms with E-state index in [0.29, 0.717) is 17.5 Å². The number of thioether (sulfide) groups is 1. The van der Waals surface area contributed by atoms with Crippen LogP contribution < -0.4 is 10.1 Å². The van der Waals surface area contributed by atoms with Crippen LogP contribution in [0.4, 0.5) is 0 Å². The molecule has 27 heavy (non-hydrogen) atoms. The Balaban J connectivity index is 1.49. The third-order valence-electron chi connectivity index (χ3n) is 4.11. The third kappa shape index (κ3) is 4.89. The van der Waals surface area contributed by atoms with Gasteiger partial charge in [0.05, 0.1) is 12.9 Å². The SMILES string of the molecule is COc1ccccc1CCNC(=O)CSc1nnc(-c2ccccc2)n1C. The molecule has 0 saturated carbocycles. The Morgan fingerprint density at radius 3 is 2.63 bits per heavy atom. The van der Waals surface area contributed by atoms with E-state index in [2.05, 4.69) is 15.5 Å². The van der Waals surface area contributed by atoms with Gasteiger partial charge in [-0.2, -0.15) is 0 Å². The fourth-order valence-corrected chi connectivity index (χ4v) is 3.45. The summed E-state index contributed by atoms with van der Waals surface area (Å²) < 4.78 is 7.23. The van der Waals surface area contributed by atoms with Gasteiger partial charge < -0.3 is 14.6 Å². The molecule has 1 aromatic heterocycles. The largest absolute Gasteiger partial charge is 0.496 e. The molecule has 1 amide bonds. The van der Waals surface area contributed by atoms with Crippen molar-refractivity contribution in [1.82, 2.24) is 20.1 Å². The highest BCUT2D eigenvalue weighted by atomic mass is 32.2. The van der Waals surface area contributed by atoms with Gasteiger partial charge in [0, 0.05) is 19.2 Å². The highest BCUT2D eigenvalue weighted by Gasteiger charge is 2.12. The van der Waals surface area contributed by atoms with Crippen molar-refractivity contribution in [2.24, 2.45) is 7.05 Å². The Hall–Kier alpha value is -2.80. The van der Waals surface area contributed by atoms with Gasteiger partial charge in [-0.1, -0.05) is 60.3 Å². The zero-order valence-corrected chi connectivity index (χ0v) is 16.2. The second-order valence-electron chi connectivity index (χ2n) is 5.93. The number of hydrogen-bond acceptors (Lipinski definition) is 5. The molecule has 0 aliphatic heterocycles. The maximum atomic E-state index is 12.1. The molecule has 1 heterocycles. The summed E-state index contributed by atoms with van der Waals surface area (Å²) in [6.07, 6.45) is 0.725. The van der Waals surface area contributed by atoms with Crippen molar-refractivity contribution in [2.75, 3.05) is 19.4 Å². The van der Waals surface area contributed by atoms with E-state index in [4.69, 9.17) is 4.74 Å². The first-order valence-corrected chi connectivity index (χ1v) is 9.64. The van der Waals surface area contributed by atoms with Gasteiger partial charge in [-0.05, 0) is 18.1 Å². The van der Waals surface area contributed by atoms with Crippen LogP contribution in [0.25, 0.3) is 11.4 Å². The molecule has 7 heteroatoms. The zero-order chi connectivity index (χ0) is 19.1. The molecule has 0 spiro atoms. The Kier molecular flexibility index (Phi) is 6.49. The molecular weight excluding hydrogens is 360 g/mol. The van der Waals surface area contributed by atoms with Crippen molar-refractivity contribution in [2.45, 2.75) is 11.6 Å². The average Bonchev–Trinajstić information content (AvgIpc) is 3.08. The summed E-state index contributed by atoms with van der Waals surface area (Å²) in [7, 11) is 3.56. The molecule has 0 fully saturated rings. The summed E-state index contributed by atoms with van der Waals surface area (Å²) in [5.41, 5.74) is 2.08. The minimum absolute atomic E-state index is 0.0286. The van der Waals surface area contributed by atoms with Gasteiger partial charge in [0.1, 0.15) is 5.75 Å². The normalized spacial score (nSPS) is 10.6. The van der Waals surface area contributed by atoms with Gasteiger partial charge in [-0.25, -0.2) is 0 Å². The number of ether oxygens (including phenoxy) is 1. The number of rotatable bonds is 8. The predicted molar refractivity (Wildman–Crippen MR) is 107 cm³/mol. The van der Waals surface area contributed by atoms with Crippen LogP contribution in [0, 0.1) is 0 Å². The molecular formula is C20H22N4O2S. The van der Waals surface area contributed by atoms with Crippen molar-refractivity contribution in [1.29, 1.82) is 0 Å². The van der Waals surface area contributed by atoms with Crippen LogP contribution in [0.5, 0.6) is 5.75 Å². The number of methoxy groups -OCH3 is 1. The number of para-hydroxylation sites is 1. The van der Waals surface area contributed by atoms with E-state index < -0.39 is 0 Å². The van der Waals surface area contributed by atoms with Crippen molar-refractivity contribution in [3.63, 3.8) is 0 Å². The minimum atomic E-state index is -0.0286. The van der Waals surface area contributed by atoms with Crippen LogP contribution >= 0.6 is 11.8 Å². The fourth-order valence-electron chi connectivity index (χ4n) is 2.71. The Morgan fingerprint density at radius 2 is 1.85 bits per heavy atom. The quantitative estimate of drug-likeness (QED) is 0.607. The predicted octanol–water partition coefficient (Wildman–Crippen LogP) is 2.94. The Morgan fingerprint density at radius 1 is 1.11 bits per heavy atom. The fraction of sp³-hybridized carbons (Fsp3) is 0.250. The number of aromatic nitrogens is 3. The molecule has 3 rings (SSSR count). The summed E-state index contributed by atoms with van der Waals surface area (Å²) in [4.78, 5) is 12.1. The standard InChI is InChI=1S/C20H22N4O2S/c1-24-19(16-9-4-3-5-10-16)22-23-20(24)27-14-18(25)21-13-12-15-8-6-7-11-17(15)26-2/h3-11H,12-14H2,1-2H3,(H,21,25). The first kappa shape index (κ1) is 19.0. The second-order valence-corrected chi connectivity index (χ2v) is 6.87. The van der Waals surface area contributed by atoms with E-state index in [0.717, 1.165) is 29.1 Å². The highest BCUT2D eigenvalue weighted by molar-refractivity contribution is 7.99. The lowest BCUT2D eigenvalue weighted by Crippen LogP contribution is -2.27. The molecule has 2 aromatic carbocycles. The van der Waals surface area contributed by atoms with Gasteiger partial charge in [-0.3, -0.25) is 4.79 Å². The van der Waals surface area contributed by atoms with Crippen LogP contribution in [0.15, 0.2) is 59.8 Å². The Labute approximate surface area is 163 Å². The number of nitrogens with zero attached hydrogens (tertiary/aromatic N) is 3. The van der Waals surface area contributed by atoms with Crippen molar-refractivity contribution in [3.05, 3.63) is 60.2 Å². The first-order valence-electron chi connectivity index (χ1n) is 8.65. The molecule has 0 unspecified atom stereocenters. The maximum Gasteiger partial charge on any atom is 0.230 e. The Bertz CT molecular complexity index is 896. The van der Waals surface area contributed by atoms with Crippen LogP contribution in [0.3, 0.4) is 0 Å². The van der Waals surface area contributed by atoms with Crippen LogP contribution in [0.2, 0.25) is 0 Å². The van der Waals surface area contributed by atoms with Crippen molar-refractivity contribution in [3.8, 4) is 17.1 Å². The number of nitrogens with one attached hydrogen (secondary N) is 1. The monoisotopic (exact) mass is 382 g/mol. The molecule has 3 aromatic rings. The van der Waals surface area contributed by atoms with E-state index >= 15 is 0 Å². The molecule has 0 radical (unpaired) electrons. The van der Waals surface area contributed by atoms with Gasteiger partial charge in [0.2, 0.25) is 5.91 Å². The van der Waals surface area contributed by atoms with E-state index in [1.165, 1.54) is 11.8 Å². The van der Waals surface area contributed by atoms with Gasteiger partial charge in [0.25, 0.3) is 0 Å². The zero-order valence-electron chi connectivity index (χ0n) is 15.4. The van der Waals surface area contributed by atoms with Crippen LogP contribution in [-0.2, 0) is 18.3 Å². The average molecular weight is 382 g/mol. The summed E-state index contributed by atoms with van der Waals surface area (Å²) in [5, 5.41) is 12.1. The van der Waals surface area contributed by atoms with Gasteiger partial charge >= 0.3 is 0 Å². The van der Waals surface area contributed by atoms with Crippen LogP contribution in [-0.4, -0.2) is 40.1 Å². The third-order valence-corrected chi connectivity index (χ3v) is 5.13. The molecule has 0 bridgehead atoms. The maximum absolute atomic E-state index is 12.1. The van der Waals surface area contributed by atoms with E-state index in [-0.39, 0.29) is 5.91 Å². The van der Waals surface area contributed by atoms with E-state index in [9.17, 15) is 4.79 Å². The number of amides is 1. The topological polar surface area (TPSA) is 69.0 Å². The summed E-state index contributed by atoms with van der Waals surface area (Å²) in [6.45, 7) is 0.563. The molecule has 6 nitrogen and oxygen atoms in total. The van der Waals surface area contributed by atoms with Gasteiger partial charge in [0.15, 0.2) is 11.0 Å². The van der Waals surface area contributed by atoms with Crippen molar-refractivity contribution < 1.29 is 9.53 Å². The number of carbonyl (C=O) groups excluding carboxylic acids is 1. The highest BCUT2D eigenvalue weighted by Crippen LogP contribution is 2.22. The minimum Gasteiger partial charge on any atom is -0.496 e. The molecule has 140 valence electrons. The summed E-state index contributed by atoms with van der Waals surface area (Å²) in [5.74, 6) is 1.90. The molecule has 0 aliphatic carbocycles. The molecule has 1 N–H and O–H groups in total. The molecule has 0 atom stereocenters. The lowest BCUT2D eigenvalue weighted by Gasteiger charge is -2.09. The molecule has 0 saturated heterocycles. The van der Waals surface area contributed by atoms with Crippen molar-refractivity contribution >= 4 is 17.7 Å². The number of benzene rings is 2. The van der Waals surface area contributed by atoms with Crippen LogP contribution in [0.1, 0.15) is 5.56 Å². The second kappa shape index (κ2) is 9.23. The van der Waals surface area contributed by atoms with Gasteiger partial charge in [-0.15, -0.1) is 10.2 Å². The number of hydrogen-bond donors (Lipinski definition) is 1. The lowest BCUT2D eigenvalue weighted by molar-refractivity contribution is -0.118. The first-order chi connectivity index (χ1) is 13.2. The summed E-state index contributed by atoms with van der Waals surface area (Å²) in [6, 6.07) is 17.7. The molecule has 0 aliphatic rings. The summed E-state index contributed by atoms with van der Waals surface area (Å²) >= 11 is 1.38. The lowest BCUT2D eigenvalue weighted by atomic mass is 10.1. The van der Waals surface area contributed by atoms with E-state index in [1.54, 1.807) is 7.11 Å².